The minimum atomic E-state index is -0.146. The van der Waals surface area contributed by atoms with Gasteiger partial charge in [0.25, 0.3) is 0 Å². The molecule has 1 fully saturated rings. The lowest BCUT2D eigenvalue weighted by Gasteiger charge is -2.20. The van der Waals surface area contributed by atoms with Gasteiger partial charge in [-0.05, 0) is 37.9 Å². The van der Waals surface area contributed by atoms with Crippen LogP contribution in [0, 0.1) is 0 Å². The molecule has 0 radical (unpaired) electrons. The van der Waals surface area contributed by atoms with E-state index in [0.29, 0.717) is 12.6 Å². The summed E-state index contributed by atoms with van der Waals surface area (Å²) in [6.45, 7) is 3.35. The quantitative estimate of drug-likeness (QED) is 0.758. The molecule has 0 bridgehead atoms. The predicted octanol–water partition coefficient (Wildman–Crippen LogP) is 2.15. The first-order chi connectivity index (χ1) is 8.61. The van der Waals surface area contributed by atoms with Gasteiger partial charge >= 0.3 is 0 Å². The predicted molar refractivity (Wildman–Crippen MR) is 69.0 cm³/mol. The van der Waals surface area contributed by atoms with Gasteiger partial charge < -0.3 is 10.2 Å². The van der Waals surface area contributed by atoms with E-state index in [1.165, 1.54) is 18.2 Å². The Morgan fingerprint density at radius 2 is 2.11 bits per heavy atom. The molecular formula is C14H19NO3. The van der Waals surface area contributed by atoms with Crippen LogP contribution in [0.3, 0.4) is 0 Å². The molecule has 0 amide bonds. The molecule has 1 aromatic rings. The van der Waals surface area contributed by atoms with Gasteiger partial charge in [0.1, 0.15) is 11.5 Å². The first-order valence-electron chi connectivity index (χ1n) is 6.41. The third-order valence-electron chi connectivity index (χ3n) is 3.20. The highest BCUT2D eigenvalue weighted by Crippen LogP contribution is 2.28. The van der Waals surface area contributed by atoms with Crippen molar-refractivity contribution in [2.24, 2.45) is 0 Å². The molecule has 0 saturated heterocycles. The van der Waals surface area contributed by atoms with Gasteiger partial charge in [-0.25, -0.2) is 0 Å². The first kappa shape index (κ1) is 12.9. The SMILES string of the molecule is CCCN(CC(=O)c1ccc(O)cc1O)C1CC1. The van der Waals surface area contributed by atoms with Crippen LogP contribution >= 0.6 is 0 Å². The van der Waals surface area contributed by atoms with Crippen molar-refractivity contribution < 1.29 is 15.0 Å². The highest BCUT2D eigenvalue weighted by Gasteiger charge is 2.30. The number of carbonyl (C=O) groups excluding carboxylic acids is 1. The minimum absolute atomic E-state index is 0.0309. The van der Waals surface area contributed by atoms with Crippen LogP contribution in [0.1, 0.15) is 36.5 Å². The second-order valence-electron chi connectivity index (χ2n) is 4.83. The smallest absolute Gasteiger partial charge is 0.180 e. The summed E-state index contributed by atoms with van der Waals surface area (Å²) in [6, 6.07) is 4.64. The molecule has 0 aromatic heterocycles. The summed E-state index contributed by atoms with van der Waals surface area (Å²) < 4.78 is 0. The van der Waals surface area contributed by atoms with Gasteiger partial charge in [-0.3, -0.25) is 9.69 Å². The van der Waals surface area contributed by atoms with Crippen LogP contribution in [0.2, 0.25) is 0 Å². The maximum Gasteiger partial charge on any atom is 0.180 e. The summed E-state index contributed by atoms with van der Waals surface area (Å²) in [5.41, 5.74) is 0.287. The van der Waals surface area contributed by atoms with E-state index in [2.05, 4.69) is 11.8 Å². The Morgan fingerprint density at radius 3 is 2.67 bits per heavy atom. The van der Waals surface area contributed by atoms with E-state index < -0.39 is 0 Å². The van der Waals surface area contributed by atoms with Crippen LogP contribution < -0.4 is 0 Å². The minimum Gasteiger partial charge on any atom is -0.508 e. The Balaban J connectivity index is 2.05. The largest absolute Gasteiger partial charge is 0.508 e. The average Bonchev–Trinajstić information content (AvgIpc) is 3.11. The molecule has 0 heterocycles. The zero-order valence-corrected chi connectivity index (χ0v) is 10.6. The Morgan fingerprint density at radius 1 is 1.39 bits per heavy atom. The number of nitrogens with zero attached hydrogens (tertiary/aromatic N) is 1. The van der Waals surface area contributed by atoms with E-state index in [1.54, 1.807) is 0 Å². The van der Waals surface area contributed by atoms with Crippen molar-refractivity contribution in [1.82, 2.24) is 4.90 Å². The molecule has 4 nitrogen and oxygen atoms in total. The number of phenols is 2. The van der Waals surface area contributed by atoms with Crippen LogP contribution in [0.5, 0.6) is 11.5 Å². The summed E-state index contributed by atoms with van der Waals surface area (Å²) in [5, 5.41) is 18.9. The fourth-order valence-electron chi connectivity index (χ4n) is 2.14. The molecule has 0 atom stereocenters. The number of Topliss-reactive ketones (excluding diaryl/α,β-unsaturated/α-hetero) is 1. The van der Waals surface area contributed by atoms with Crippen LogP contribution in [-0.2, 0) is 0 Å². The van der Waals surface area contributed by atoms with Crippen molar-refractivity contribution in [2.75, 3.05) is 13.1 Å². The Hall–Kier alpha value is -1.55. The zero-order chi connectivity index (χ0) is 13.1. The lowest BCUT2D eigenvalue weighted by molar-refractivity contribution is 0.0922. The Kier molecular flexibility index (Phi) is 3.87. The molecule has 4 heteroatoms. The number of hydrogen-bond donors (Lipinski definition) is 2. The van der Waals surface area contributed by atoms with Crippen molar-refractivity contribution in [3.63, 3.8) is 0 Å². The number of carbonyl (C=O) groups is 1. The monoisotopic (exact) mass is 249 g/mol. The molecule has 0 aliphatic heterocycles. The van der Waals surface area contributed by atoms with E-state index in [1.807, 2.05) is 0 Å². The number of rotatable bonds is 6. The summed E-state index contributed by atoms with van der Waals surface area (Å²) in [5.74, 6) is -0.267. The zero-order valence-electron chi connectivity index (χ0n) is 10.6. The highest BCUT2D eigenvalue weighted by molar-refractivity contribution is 6.00. The van der Waals surface area contributed by atoms with Gasteiger partial charge in [0.15, 0.2) is 5.78 Å². The average molecular weight is 249 g/mol. The van der Waals surface area contributed by atoms with E-state index in [-0.39, 0.29) is 22.8 Å². The summed E-state index contributed by atoms with van der Waals surface area (Å²) in [7, 11) is 0. The van der Waals surface area contributed by atoms with Crippen LogP contribution in [-0.4, -0.2) is 40.0 Å². The molecule has 0 spiro atoms. The van der Waals surface area contributed by atoms with Gasteiger partial charge in [-0.15, -0.1) is 0 Å². The van der Waals surface area contributed by atoms with Crippen LogP contribution in [0.4, 0.5) is 0 Å². The highest BCUT2D eigenvalue weighted by atomic mass is 16.3. The molecule has 2 rings (SSSR count). The van der Waals surface area contributed by atoms with Gasteiger partial charge in [-0.1, -0.05) is 6.92 Å². The third-order valence-corrected chi connectivity index (χ3v) is 3.20. The van der Waals surface area contributed by atoms with E-state index in [0.717, 1.165) is 25.8 Å². The van der Waals surface area contributed by atoms with Gasteiger partial charge in [0.05, 0.1) is 12.1 Å². The number of hydrogen-bond acceptors (Lipinski definition) is 4. The van der Waals surface area contributed by atoms with E-state index >= 15 is 0 Å². The standard InChI is InChI=1S/C14H19NO3/c1-2-7-15(10-3-4-10)9-14(18)12-6-5-11(16)8-13(12)17/h5-6,8,10,16-17H,2-4,7,9H2,1H3. The molecule has 98 valence electrons. The van der Waals surface area contributed by atoms with Gasteiger partial charge in [-0.2, -0.15) is 0 Å². The normalized spacial score (nSPS) is 15.0. The van der Waals surface area contributed by atoms with Crippen molar-refractivity contribution >= 4 is 5.78 Å². The number of benzene rings is 1. The second-order valence-corrected chi connectivity index (χ2v) is 4.83. The van der Waals surface area contributed by atoms with Gasteiger partial charge in [0.2, 0.25) is 0 Å². The lowest BCUT2D eigenvalue weighted by atomic mass is 10.1. The van der Waals surface area contributed by atoms with E-state index in [4.69, 9.17) is 0 Å². The molecule has 0 unspecified atom stereocenters. The Bertz CT molecular complexity index is 441. The fourth-order valence-corrected chi connectivity index (χ4v) is 2.14. The number of phenolic OH excluding ortho intramolecular Hbond substituents is 2. The summed E-state index contributed by atoms with van der Waals surface area (Å²) >= 11 is 0. The second kappa shape index (κ2) is 5.40. The summed E-state index contributed by atoms with van der Waals surface area (Å²) in [4.78, 5) is 14.3. The maximum absolute atomic E-state index is 12.1. The summed E-state index contributed by atoms with van der Waals surface area (Å²) in [6.07, 6.45) is 3.34. The maximum atomic E-state index is 12.1. The molecule has 2 N–H and O–H groups in total. The van der Waals surface area contributed by atoms with Crippen LogP contribution in [0.25, 0.3) is 0 Å². The van der Waals surface area contributed by atoms with E-state index in [9.17, 15) is 15.0 Å². The first-order valence-corrected chi connectivity index (χ1v) is 6.41. The molecule has 1 aliphatic carbocycles. The Labute approximate surface area is 107 Å². The molecule has 1 aromatic carbocycles. The molecular weight excluding hydrogens is 230 g/mol. The third kappa shape index (κ3) is 3.01. The number of ketones is 1. The van der Waals surface area contributed by atoms with Crippen molar-refractivity contribution in [1.29, 1.82) is 0 Å². The van der Waals surface area contributed by atoms with Gasteiger partial charge in [0, 0.05) is 12.1 Å². The molecule has 18 heavy (non-hydrogen) atoms. The molecule has 1 saturated carbocycles. The fraction of sp³-hybridized carbons (Fsp3) is 0.500. The van der Waals surface area contributed by atoms with Crippen LogP contribution in [0.15, 0.2) is 18.2 Å². The topological polar surface area (TPSA) is 60.8 Å². The van der Waals surface area contributed by atoms with Crippen molar-refractivity contribution in [3.05, 3.63) is 23.8 Å². The molecule has 1 aliphatic rings. The lowest BCUT2D eigenvalue weighted by Crippen LogP contribution is -2.32. The van der Waals surface area contributed by atoms with Crippen molar-refractivity contribution in [2.45, 2.75) is 32.2 Å². The van der Waals surface area contributed by atoms with Crippen molar-refractivity contribution in [3.8, 4) is 11.5 Å². The number of aromatic hydroxyl groups is 2.